The molecular weight excluding hydrogens is 404 g/mol. The Morgan fingerprint density at radius 1 is 1.06 bits per heavy atom. The minimum Gasteiger partial charge on any atom is -0.462 e. The molecule has 0 bridgehead atoms. The summed E-state index contributed by atoms with van der Waals surface area (Å²) in [5.41, 5.74) is -0.0437. The molecule has 0 saturated carbocycles. The molecule has 0 aliphatic carbocycles. The van der Waals surface area contributed by atoms with Gasteiger partial charge < -0.3 is 4.74 Å². The van der Waals surface area contributed by atoms with Crippen LogP contribution in [0.3, 0.4) is 0 Å². The maximum atomic E-state index is 12.9. The Morgan fingerprint density at radius 2 is 1.71 bits per heavy atom. The van der Waals surface area contributed by atoms with Crippen molar-refractivity contribution < 1.29 is 28.8 Å². The van der Waals surface area contributed by atoms with Crippen LogP contribution in [0.25, 0.3) is 6.08 Å². The van der Waals surface area contributed by atoms with Gasteiger partial charge in [0.2, 0.25) is 0 Å². The van der Waals surface area contributed by atoms with Crippen LogP contribution in [0.4, 0.5) is 5.69 Å². The van der Waals surface area contributed by atoms with Crippen molar-refractivity contribution in [2.24, 2.45) is 0 Å². The highest BCUT2D eigenvalue weighted by atomic mass is 16.6. The first-order valence-electron chi connectivity index (χ1n) is 9.45. The van der Waals surface area contributed by atoms with Gasteiger partial charge in [0.25, 0.3) is 17.5 Å². The molecule has 0 saturated heterocycles. The van der Waals surface area contributed by atoms with E-state index in [2.05, 4.69) is 0 Å². The Hall–Kier alpha value is -4.14. The number of Topliss-reactive ketones (excluding diaryl/α,β-unsaturated/α-hetero) is 1. The lowest BCUT2D eigenvalue weighted by Crippen LogP contribution is -2.36. The second-order valence-electron chi connectivity index (χ2n) is 6.71. The first-order chi connectivity index (χ1) is 14.8. The molecule has 31 heavy (non-hydrogen) atoms. The predicted octanol–water partition coefficient (Wildman–Crippen LogP) is 2.80. The van der Waals surface area contributed by atoms with E-state index in [9.17, 15) is 29.3 Å². The van der Waals surface area contributed by atoms with E-state index in [4.69, 9.17) is 4.74 Å². The number of hydrogen-bond donors (Lipinski definition) is 0. The van der Waals surface area contributed by atoms with Crippen LogP contribution >= 0.6 is 0 Å². The number of nitro groups is 1. The van der Waals surface area contributed by atoms with Gasteiger partial charge in [-0.3, -0.25) is 29.4 Å². The number of benzene rings is 2. The quantitative estimate of drug-likeness (QED) is 0.122. The van der Waals surface area contributed by atoms with Crippen molar-refractivity contribution in [1.29, 1.82) is 0 Å². The van der Waals surface area contributed by atoms with Gasteiger partial charge in [-0.15, -0.1) is 0 Å². The minimum atomic E-state index is -0.935. The summed E-state index contributed by atoms with van der Waals surface area (Å²) >= 11 is 0. The van der Waals surface area contributed by atoms with Crippen LogP contribution in [0.2, 0.25) is 0 Å². The number of ketones is 1. The summed E-state index contributed by atoms with van der Waals surface area (Å²) in [4.78, 5) is 61.6. The summed E-state index contributed by atoms with van der Waals surface area (Å²) in [5.74, 6) is -3.02. The summed E-state index contributed by atoms with van der Waals surface area (Å²) in [6.07, 6.45) is 1.67. The highest BCUT2D eigenvalue weighted by Crippen LogP contribution is 2.23. The monoisotopic (exact) mass is 422 g/mol. The average Bonchev–Trinajstić information content (AvgIpc) is 3.01. The van der Waals surface area contributed by atoms with E-state index in [1.165, 1.54) is 36.4 Å². The summed E-state index contributed by atoms with van der Waals surface area (Å²) in [6, 6.07) is 11.5. The molecule has 1 aliphatic heterocycles. The summed E-state index contributed by atoms with van der Waals surface area (Å²) in [7, 11) is 0. The largest absolute Gasteiger partial charge is 0.462 e. The third kappa shape index (κ3) is 4.55. The molecule has 1 heterocycles. The predicted molar refractivity (Wildman–Crippen MR) is 109 cm³/mol. The van der Waals surface area contributed by atoms with E-state index in [0.717, 1.165) is 11.0 Å². The molecule has 2 aromatic rings. The van der Waals surface area contributed by atoms with Crippen molar-refractivity contribution in [2.45, 2.75) is 13.3 Å². The molecule has 3 rings (SSSR count). The van der Waals surface area contributed by atoms with Crippen molar-refractivity contribution in [3.63, 3.8) is 0 Å². The first-order valence-corrected chi connectivity index (χ1v) is 9.45. The van der Waals surface area contributed by atoms with Gasteiger partial charge in [-0.2, -0.15) is 0 Å². The lowest BCUT2D eigenvalue weighted by Gasteiger charge is -2.14. The van der Waals surface area contributed by atoms with Gasteiger partial charge in [0, 0.05) is 12.1 Å². The van der Waals surface area contributed by atoms with Gasteiger partial charge >= 0.3 is 5.97 Å². The number of carbonyl (C=O) groups is 4. The number of nitro benzene ring substituents is 1. The van der Waals surface area contributed by atoms with Gasteiger partial charge in [0.15, 0.2) is 5.78 Å². The average molecular weight is 422 g/mol. The number of non-ortho nitro benzene ring substituents is 1. The fourth-order valence-corrected chi connectivity index (χ4v) is 3.03. The molecule has 0 atom stereocenters. The number of imide groups is 1. The maximum absolute atomic E-state index is 12.9. The van der Waals surface area contributed by atoms with Crippen LogP contribution < -0.4 is 0 Å². The third-order valence-corrected chi connectivity index (χ3v) is 4.53. The van der Waals surface area contributed by atoms with Crippen LogP contribution in [0.5, 0.6) is 0 Å². The highest BCUT2D eigenvalue weighted by molar-refractivity contribution is 6.26. The van der Waals surface area contributed by atoms with Crippen molar-refractivity contribution >= 4 is 35.3 Å². The SMILES string of the molecule is CCCOC(=O)C(=Cc1cccc([N+](=O)[O-])c1)C(=O)CN1C(=O)c2ccccc2C1=O. The fraction of sp³-hybridized carbons (Fsp3) is 0.182. The second-order valence-corrected chi connectivity index (χ2v) is 6.71. The summed E-state index contributed by atoms with van der Waals surface area (Å²) in [6.45, 7) is 1.18. The maximum Gasteiger partial charge on any atom is 0.341 e. The smallest absolute Gasteiger partial charge is 0.341 e. The Morgan fingerprint density at radius 3 is 2.29 bits per heavy atom. The van der Waals surface area contributed by atoms with E-state index in [-0.39, 0.29) is 29.0 Å². The molecule has 0 N–H and O–H groups in total. The molecule has 0 radical (unpaired) electrons. The Balaban J connectivity index is 1.91. The number of carbonyl (C=O) groups excluding carboxylic acids is 4. The minimum absolute atomic E-state index is 0.0609. The zero-order chi connectivity index (χ0) is 22.5. The molecule has 1 aliphatic rings. The van der Waals surface area contributed by atoms with Crippen LogP contribution in [-0.4, -0.2) is 46.5 Å². The molecule has 0 aromatic heterocycles. The molecule has 0 spiro atoms. The van der Waals surface area contributed by atoms with Gasteiger partial charge in [-0.25, -0.2) is 4.79 Å². The standard InChI is InChI=1S/C22H18N2O7/c1-2-10-31-22(28)18(12-14-6-5-7-15(11-14)24(29)30)19(25)13-23-20(26)16-8-3-4-9-17(16)21(23)27/h3-9,11-12H,2,10,13H2,1H3. The van der Waals surface area contributed by atoms with Crippen LogP contribution in [-0.2, 0) is 14.3 Å². The van der Waals surface area contributed by atoms with Crippen molar-refractivity contribution in [3.8, 4) is 0 Å². The third-order valence-electron chi connectivity index (χ3n) is 4.53. The Labute approximate surface area is 177 Å². The van der Waals surface area contributed by atoms with Gasteiger partial charge in [-0.05, 0) is 30.2 Å². The van der Waals surface area contributed by atoms with Crippen LogP contribution in [0.1, 0.15) is 39.6 Å². The second kappa shape index (κ2) is 9.12. The van der Waals surface area contributed by atoms with Crippen LogP contribution in [0, 0.1) is 10.1 Å². The first kappa shape index (κ1) is 21.6. The number of nitrogens with zero attached hydrogens (tertiary/aromatic N) is 2. The van der Waals surface area contributed by atoms with E-state index >= 15 is 0 Å². The lowest BCUT2D eigenvalue weighted by atomic mass is 10.1. The molecule has 2 amide bonds. The van der Waals surface area contributed by atoms with Crippen molar-refractivity contribution in [2.75, 3.05) is 13.2 Å². The Bertz CT molecular complexity index is 1090. The number of rotatable bonds is 8. The Kier molecular flexibility index (Phi) is 6.35. The molecule has 2 aromatic carbocycles. The van der Waals surface area contributed by atoms with E-state index in [0.29, 0.717) is 6.42 Å². The fourth-order valence-electron chi connectivity index (χ4n) is 3.03. The number of hydrogen-bond acceptors (Lipinski definition) is 7. The number of fused-ring (bicyclic) bond motifs is 1. The normalized spacial score (nSPS) is 13.2. The molecule has 0 unspecified atom stereocenters. The summed E-state index contributed by atoms with van der Waals surface area (Å²) in [5, 5.41) is 11.0. The van der Waals surface area contributed by atoms with Gasteiger partial charge in [0.05, 0.1) is 29.2 Å². The van der Waals surface area contributed by atoms with Crippen LogP contribution in [0.15, 0.2) is 54.1 Å². The molecular formula is C22H18N2O7. The van der Waals surface area contributed by atoms with E-state index in [1.807, 2.05) is 0 Å². The molecule has 158 valence electrons. The topological polar surface area (TPSA) is 124 Å². The van der Waals surface area contributed by atoms with Crippen molar-refractivity contribution in [1.82, 2.24) is 4.90 Å². The molecule has 9 nitrogen and oxygen atoms in total. The van der Waals surface area contributed by atoms with Gasteiger partial charge in [0.1, 0.15) is 5.57 Å². The molecule has 9 heteroatoms. The molecule has 0 fully saturated rings. The summed E-state index contributed by atoms with van der Waals surface area (Å²) < 4.78 is 5.05. The zero-order valence-electron chi connectivity index (χ0n) is 16.6. The van der Waals surface area contributed by atoms with E-state index < -0.39 is 40.6 Å². The zero-order valence-corrected chi connectivity index (χ0v) is 16.6. The number of ether oxygens (including phenoxy) is 1. The highest BCUT2D eigenvalue weighted by Gasteiger charge is 2.37. The number of amides is 2. The van der Waals surface area contributed by atoms with E-state index in [1.54, 1.807) is 19.1 Å². The van der Waals surface area contributed by atoms with Gasteiger partial charge in [-0.1, -0.05) is 31.2 Å². The number of esters is 1. The van der Waals surface area contributed by atoms with Crippen molar-refractivity contribution in [3.05, 3.63) is 80.9 Å². The lowest BCUT2D eigenvalue weighted by molar-refractivity contribution is -0.384.